The molecule has 1 fully saturated rings. The van der Waals surface area contributed by atoms with Gasteiger partial charge in [0, 0.05) is 0 Å². The van der Waals surface area contributed by atoms with E-state index in [9.17, 15) is 10.2 Å². The lowest BCUT2D eigenvalue weighted by Crippen LogP contribution is -2.12. The minimum atomic E-state index is 0.340. The van der Waals surface area contributed by atoms with E-state index in [1.807, 2.05) is 13.8 Å². The first-order valence-electron chi connectivity index (χ1n) is 8.13. The molecule has 0 amide bonds. The topological polar surface area (TPSA) is 40.5 Å². The molecule has 22 heavy (non-hydrogen) atoms. The van der Waals surface area contributed by atoms with Crippen molar-refractivity contribution in [3.63, 3.8) is 0 Å². The summed E-state index contributed by atoms with van der Waals surface area (Å²) in [6.07, 6.45) is 4.76. The van der Waals surface area contributed by atoms with Crippen LogP contribution in [0.4, 0.5) is 0 Å². The van der Waals surface area contributed by atoms with Crippen molar-refractivity contribution in [2.75, 3.05) is 0 Å². The van der Waals surface area contributed by atoms with E-state index in [1.165, 1.54) is 36.8 Å². The smallest absolute Gasteiger partial charge is 0.121 e. The minimum Gasteiger partial charge on any atom is -0.508 e. The Labute approximate surface area is 132 Å². The van der Waals surface area contributed by atoms with Gasteiger partial charge >= 0.3 is 0 Å². The van der Waals surface area contributed by atoms with Gasteiger partial charge in [-0.3, -0.25) is 0 Å². The highest BCUT2D eigenvalue weighted by Crippen LogP contribution is 2.41. The molecule has 2 nitrogen and oxygen atoms in total. The van der Waals surface area contributed by atoms with Gasteiger partial charge in [-0.05, 0) is 85.8 Å². The zero-order valence-electron chi connectivity index (χ0n) is 13.3. The normalized spacial score (nSPS) is 21.7. The van der Waals surface area contributed by atoms with Crippen molar-refractivity contribution in [1.29, 1.82) is 0 Å². The third-order valence-corrected chi connectivity index (χ3v) is 5.08. The predicted molar refractivity (Wildman–Crippen MR) is 89.6 cm³/mol. The molecule has 0 radical (unpaired) electrons. The number of aromatic hydroxyl groups is 2. The lowest BCUT2D eigenvalue weighted by atomic mass is 9.76. The molecule has 0 saturated heterocycles. The van der Waals surface area contributed by atoms with E-state index in [1.54, 1.807) is 12.1 Å². The Kier molecular flexibility index (Phi) is 4.10. The minimum absolute atomic E-state index is 0.340. The molecule has 0 unspecified atom stereocenters. The molecule has 0 heterocycles. The number of benzene rings is 2. The summed E-state index contributed by atoms with van der Waals surface area (Å²) >= 11 is 0. The summed E-state index contributed by atoms with van der Waals surface area (Å²) in [5.74, 6) is 1.98. The second-order valence-electron chi connectivity index (χ2n) is 6.64. The number of hydrogen-bond donors (Lipinski definition) is 2. The standard InChI is InChI=1S/C20H24O2/c1-13-11-18(12-14(2)20(13)22)17-5-3-15(4-6-17)16-7-9-19(21)10-8-16/h7-12,15,17,21-22H,3-6H2,1-2H3. The van der Waals surface area contributed by atoms with Gasteiger partial charge in [-0.2, -0.15) is 0 Å². The van der Waals surface area contributed by atoms with Crippen LogP contribution in [0.15, 0.2) is 36.4 Å². The third-order valence-electron chi connectivity index (χ3n) is 5.08. The van der Waals surface area contributed by atoms with Gasteiger partial charge in [0.1, 0.15) is 11.5 Å². The largest absolute Gasteiger partial charge is 0.508 e. The molecule has 2 N–H and O–H groups in total. The molecule has 0 bridgehead atoms. The number of hydrogen-bond acceptors (Lipinski definition) is 2. The Bertz CT molecular complexity index is 627. The van der Waals surface area contributed by atoms with Crippen molar-refractivity contribution < 1.29 is 10.2 Å². The van der Waals surface area contributed by atoms with Gasteiger partial charge in [0.15, 0.2) is 0 Å². The highest BCUT2D eigenvalue weighted by atomic mass is 16.3. The fourth-order valence-corrected chi connectivity index (χ4v) is 3.73. The summed E-state index contributed by atoms with van der Waals surface area (Å²) in [4.78, 5) is 0. The van der Waals surface area contributed by atoms with Gasteiger partial charge in [0.05, 0.1) is 0 Å². The van der Waals surface area contributed by atoms with Gasteiger partial charge in [0.25, 0.3) is 0 Å². The predicted octanol–water partition coefficient (Wildman–Crippen LogP) is 5.16. The summed E-state index contributed by atoms with van der Waals surface area (Å²) in [5.41, 5.74) is 4.68. The zero-order chi connectivity index (χ0) is 15.7. The summed E-state index contributed by atoms with van der Waals surface area (Å²) in [6.45, 7) is 3.96. The molecule has 116 valence electrons. The van der Waals surface area contributed by atoms with Gasteiger partial charge in [-0.15, -0.1) is 0 Å². The van der Waals surface area contributed by atoms with Crippen LogP contribution in [0.2, 0.25) is 0 Å². The van der Waals surface area contributed by atoms with Crippen LogP contribution in [0.5, 0.6) is 11.5 Å². The summed E-state index contributed by atoms with van der Waals surface area (Å²) in [6, 6.07) is 12.0. The molecule has 3 rings (SSSR count). The van der Waals surface area contributed by atoms with Crippen molar-refractivity contribution in [3.05, 3.63) is 58.7 Å². The number of rotatable bonds is 2. The molecule has 0 aliphatic heterocycles. The van der Waals surface area contributed by atoms with Crippen LogP contribution in [0, 0.1) is 13.8 Å². The van der Waals surface area contributed by atoms with Crippen LogP contribution >= 0.6 is 0 Å². The summed E-state index contributed by atoms with van der Waals surface area (Å²) < 4.78 is 0. The highest BCUT2D eigenvalue weighted by Gasteiger charge is 2.24. The molecule has 2 heteroatoms. The Morgan fingerprint density at radius 2 is 1.18 bits per heavy atom. The molecule has 1 aliphatic carbocycles. The number of phenolic OH excluding ortho intramolecular Hbond substituents is 2. The van der Waals surface area contributed by atoms with E-state index < -0.39 is 0 Å². The molecule has 0 atom stereocenters. The lowest BCUT2D eigenvalue weighted by Gasteiger charge is -2.29. The Balaban J connectivity index is 1.70. The number of aryl methyl sites for hydroxylation is 2. The van der Waals surface area contributed by atoms with E-state index in [-0.39, 0.29) is 0 Å². The van der Waals surface area contributed by atoms with Crippen molar-refractivity contribution in [1.82, 2.24) is 0 Å². The SMILES string of the molecule is Cc1cc(C2CCC(c3ccc(O)cc3)CC2)cc(C)c1O. The molecule has 0 spiro atoms. The van der Waals surface area contributed by atoms with Crippen molar-refractivity contribution in [2.24, 2.45) is 0 Å². The van der Waals surface area contributed by atoms with Crippen LogP contribution in [0.25, 0.3) is 0 Å². The van der Waals surface area contributed by atoms with Crippen LogP contribution in [-0.4, -0.2) is 10.2 Å². The average molecular weight is 296 g/mol. The quantitative estimate of drug-likeness (QED) is 0.804. The maximum absolute atomic E-state index is 9.92. The van der Waals surface area contributed by atoms with Crippen LogP contribution in [0.1, 0.15) is 59.8 Å². The molecule has 1 aliphatic rings. The molecule has 1 saturated carbocycles. The molecule has 2 aromatic rings. The van der Waals surface area contributed by atoms with Gasteiger partial charge in [-0.25, -0.2) is 0 Å². The average Bonchev–Trinajstić information content (AvgIpc) is 2.53. The third kappa shape index (κ3) is 2.96. The van der Waals surface area contributed by atoms with Crippen LogP contribution in [0.3, 0.4) is 0 Å². The van der Waals surface area contributed by atoms with E-state index in [2.05, 4.69) is 24.3 Å². The molecule has 2 aromatic carbocycles. The van der Waals surface area contributed by atoms with E-state index in [4.69, 9.17) is 0 Å². The fraction of sp³-hybridized carbons (Fsp3) is 0.400. The number of phenols is 2. The van der Waals surface area contributed by atoms with E-state index >= 15 is 0 Å². The summed E-state index contributed by atoms with van der Waals surface area (Å²) in [7, 11) is 0. The monoisotopic (exact) mass is 296 g/mol. The zero-order valence-corrected chi connectivity index (χ0v) is 13.3. The first-order chi connectivity index (χ1) is 10.5. The maximum atomic E-state index is 9.92. The first-order valence-corrected chi connectivity index (χ1v) is 8.13. The lowest BCUT2D eigenvalue weighted by molar-refractivity contribution is 0.395. The maximum Gasteiger partial charge on any atom is 0.121 e. The van der Waals surface area contributed by atoms with Crippen molar-refractivity contribution in [2.45, 2.75) is 51.4 Å². The second kappa shape index (κ2) is 6.04. The second-order valence-corrected chi connectivity index (χ2v) is 6.64. The Morgan fingerprint density at radius 3 is 1.68 bits per heavy atom. The Hall–Kier alpha value is -1.96. The van der Waals surface area contributed by atoms with Crippen molar-refractivity contribution in [3.8, 4) is 11.5 Å². The molecule has 0 aromatic heterocycles. The van der Waals surface area contributed by atoms with Gasteiger partial charge in [-0.1, -0.05) is 24.3 Å². The summed E-state index contributed by atoms with van der Waals surface area (Å²) in [5, 5.41) is 19.3. The molecular formula is C20H24O2. The fourth-order valence-electron chi connectivity index (χ4n) is 3.73. The van der Waals surface area contributed by atoms with Gasteiger partial charge < -0.3 is 10.2 Å². The van der Waals surface area contributed by atoms with Crippen LogP contribution < -0.4 is 0 Å². The first kappa shape index (κ1) is 15.0. The molecular weight excluding hydrogens is 272 g/mol. The van der Waals surface area contributed by atoms with Crippen molar-refractivity contribution >= 4 is 0 Å². The highest BCUT2D eigenvalue weighted by molar-refractivity contribution is 5.43. The van der Waals surface area contributed by atoms with Crippen LogP contribution in [-0.2, 0) is 0 Å². The van der Waals surface area contributed by atoms with E-state index in [0.717, 1.165) is 11.1 Å². The Morgan fingerprint density at radius 1 is 0.727 bits per heavy atom. The van der Waals surface area contributed by atoms with E-state index in [0.29, 0.717) is 23.3 Å². The van der Waals surface area contributed by atoms with Gasteiger partial charge in [0.2, 0.25) is 0 Å².